The largest absolute Gasteiger partial charge is 0.339 e. The topological polar surface area (TPSA) is 104 Å². The van der Waals surface area contributed by atoms with Gasteiger partial charge in [-0.15, -0.1) is 0 Å². The van der Waals surface area contributed by atoms with Gasteiger partial charge in [-0.1, -0.05) is 48.5 Å². The van der Waals surface area contributed by atoms with Crippen LogP contribution in [-0.4, -0.2) is 64.2 Å². The second kappa shape index (κ2) is 9.22. The summed E-state index contributed by atoms with van der Waals surface area (Å²) < 4.78 is 55.0. The average molecular weight is 488 g/mol. The molecule has 4 rings (SSSR count). The molecular weight excluding hydrogens is 462 g/mol. The summed E-state index contributed by atoms with van der Waals surface area (Å²) in [6, 6.07) is 19.4. The van der Waals surface area contributed by atoms with Crippen molar-refractivity contribution >= 4 is 36.7 Å². The molecule has 1 atom stereocenters. The van der Waals surface area contributed by atoms with Gasteiger partial charge in [0.15, 0.2) is 0 Å². The van der Waals surface area contributed by atoms with Gasteiger partial charge in [0.25, 0.3) is 0 Å². The van der Waals surface area contributed by atoms with E-state index in [2.05, 4.69) is 4.72 Å². The third-order valence-corrected chi connectivity index (χ3v) is 9.12. The van der Waals surface area contributed by atoms with Crippen LogP contribution in [0.15, 0.2) is 82.6 Å². The standard InChI is InChI=1S/C23H25N3O5S2/c1-18(24-32(28,29)21-9-3-2-4-10-21)23(27)25-13-15-26(16-14-25)33(30,31)22-12-11-19-7-5-6-8-20(19)17-22/h2-12,17-18,24H,13-16H2,1H3/t18-/m0/s1. The molecule has 0 bridgehead atoms. The molecule has 0 unspecified atom stereocenters. The van der Waals surface area contributed by atoms with Crippen LogP contribution in [0.1, 0.15) is 6.92 Å². The molecule has 3 aromatic rings. The predicted octanol–water partition coefficient (Wildman–Crippen LogP) is 2.04. The number of piperazine rings is 1. The van der Waals surface area contributed by atoms with E-state index in [0.29, 0.717) is 0 Å². The van der Waals surface area contributed by atoms with Gasteiger partial charge in [-0.3, -0.25) is 4.79 Å². The highest BCUT2D eigenvalue weighted by molar-refractivity contribution is 7.89. The van der Waals surface area contributed by atoms with Gasteiger partial charge in [-0.05, 0) is 42.0 Å². The van der Waals surface area contributed by atoms with Crippen molar-refractivity contribution < 1.29 is 21.6 Å². The lowest BCUT2D eigenvalue weighted by Gasteiger charge is -2.35. The molecule has 0 radical (unpaired) electrons. The Kier molecular flexibility index (Phi) is 6.53. The van der Waals surface area contributed by atoms with Crippen LogP contribution in [0.2, 0.25) is 0 Å². The Morgan fingerprint density at radius 2 is 1.39 bits per heavy atom. The van der Waals surface area contributed by atoms with Crippen molar-refractivity contribution in [2.24, 2.45) is 0 Å². The minimum absolute atomic E-state index is 0.0796. The lowest BCUT2D eigenvalue weighted by atomic mass is 10.1. The van der Waals surface area contributed by atoms with Crippen LogP contribution in [0.25, 0.3) is 10.8 Å². The van der Waals surface area contributed by atoms with Crippen molar-refractivity contribution in [2.75, 3.05) is 26.2 Å². The second-order valence-electron chi connectivity index (χ2n) is 7.89. The van der Waals surface area contributed by atoms with E-state index in [1.54, 1.807) is 36.4 Å². The molecule has 1 saturated heterocycles. The van der Waals surface area contributed by atoms with E-state index in [9.17, 15) is 21.6 Å². The van der Waals surface area contributed by atoms with Crippen LogP contribution < -0.4 is 4.72 Å². The molecule has 10 heteroatoms. The minimum Gasteiger partial charge on any atom is -0.339 e. The van der Waals surface area contributed by atoms with Crippen LogP contribution >= 0.6 is 0 Å². The zero-order valence-electron chi connectivity index (χ0n) is 18.1. The molecule has 0 spiro atoms. The molecule has 174 valence electrons. The lowest BCUT2D eigenvalue weighted by Crippen LogP contribution is -2.55. The van der Waals surface area contributed by atoms with Crippen LogP contribution in [0.3, 0.4) is 0 Å². The Hall–Kier alpha value is -2.79. The molecule has 0 aromatic heterocycles. The van der Waals surface area contributed by atoms with Gasteiger partial charge in [-0.2, -0.15) is 9.03 Å². The number of amides is 1. The molecule has 1 heterocycles. The number of nitrogens with zero attached hydrogens (tertiary/aromatic N) is 2. The highest BCUT2D eigenvalue weighted by Gasteiger charge is 2.32. The molecule has 0 saturated carbocycles. The molecule has 33 heavy (non-hydrogen) atoms. The fourth-order valence-electron chi connectivity index (χ4n) is 3.85. The maximum Gasteiger partial charge on any atom is 0.243 e. The van der Waals surface area contributed by atoms with Gasteiger partial charge in [0, 0.05) is 26.2 Å². The number of hydrogen-bond acceptors (Lipinski definition) is 5. The van der Waals surface area contributed by atoms with E-state index in [1.807, 2.05) is 24.3 Å². The molecule has 3 aromatic carbocycles. The molecule has 1 N–H and O–H groups in total. The third-order valence-electron chi connectivity index (χ3n) is 5.66. The van der Waals surface area contributed by atoms with Crippen molar-refractivity contribution in [3.8, 4) is 0 Å². The summed E-state index contributed by atoms with van der Waals surface area (Å²) in [6.45, 7) is 2.13. The number of benzene rings is 3. The third kappa shape index (κ3) is 4.93. The number of carbonyl (C=O) groups excluding carboxylic acids is 1. The SMILES string of the molecule is C[C@H](NS(=O)(=O)c1ccccc1)C(=O)N1CCN(S(=O)(=O)c2ccc3ccccc3c2)CC1. The summed E-state index contributed by atoms with van der Waals surface area (Å²) in [6.07, 6.45) is 0. The first kappa shape index (κ1) is 23.4. The summed E-state index contributed by atoms with van der Waals surface area (Å²) in [4.78, 5) is 14.6. The van der Waals surface area contributed by atoms with Gasteiger partial charge in [0.2, 0.25) is 26.0 Å². The Morgan fingerprint density at radius 3 is 2.06 bits per heavy atom. The van der Waals surface area contributed by atoms with Crippen LogP contribution in [0, 0.1) is 0 Å². The predicted molar refractivity (Wildman–Crippen MR) is 126 cm³/mol. The van der Waals surface area contributed by atoms with Crippen molar-refractivity contribution in [2.45, 2.75) is 22.8 Å². The molecule has 1 fully saturated rings. The van der Waals surface area contributed by atoms with Gasteiger partial charge in [0.05, 0.1) is 15.8 Å². The normalized spacial score (nSPS) is 16.6. The maximum atomic E-state index is 13.1. The molecule has 8 nitrogen and oxygen atoms in total. The molecular formula is C23H25N3O5S2. The average Bonchev–Trinajstić information content (AvgIpc) is 2.83. The first-order valence-corrected chi connectivity index (χ1v) is 13.5. The molecule has 1 amide bonds. The Bertz CT molecular complexity index is 1370. The zero-order chi connectivity index (χ0) is 23.6. The number of rotatable bonds is 6. The monoisotopic (exact) mass is 487 g/mol. The van der Waals surface area contributed by atoms with Crippen LogP contribution in [0.4, 0.5) is 0 Å². The number of nitrogens with one attached hydrogen (secondary N) is 1. The molecule has 1 aliphatic heterocycles. The second-order valence-corrected chi connectivity index (χ2v) is 11.5. The lowest BCUT2D eigenvalue weighted by molar-refractivity contribution is -0.133. The van der Waals surface area contributed by atoms with E-state index in [1.165, 1.54) is 28.3 Å². The minimum atomic E-state index is -3.84. The first-order chi connectivity index (χ1) is 15.7. The summed E-state index contributed by atoms with van der Waals surface area (Å²) in [7, 11) is -7.54. The zero-order valence-corrected chi connectivity index (χ0v) is 19.7. The van der Waals surface area contributed by atoms with E-state index >= 15 is 0 Å². The molecule has 0 aliphatic carbocycles. The highest BCUT2D eigenvalue weighted by atomic mass is 32.2. The number of fused-ring (bicyclic) bond motifs is 1. The van der Waals surface area contributed by atoms with Crippen LogP contribution in [0.5, 0.6) is 0 Å². The number of carbonyl (C=O) groups is 1. The Balaban J connectivity index is 1.40. The fraction of sp³-hybridized carbons (Fsp3) is 0.261. The van der Waals surface area contributed by atoms with Crippen molar-refractivity contribution in [1.29, 1.82) is 0 Å². The number of sulfonamides is 2. The smallest absolute Gasteiger partial charge is 0.243 e. The quantitative estimate of drug-likeness (QED) is 0.573. The van der Waals surface area contributed by atoms with E-state index < -0.39 is 32.0 Å². The fourth-order valence-corrected chi connectivity index (χ4v) is 6.53. The van der Waals surface area contributed by atoms with E-state index in [4.69, 9.17) is 0 Å². The summed E-state index contributed by atoms with van der Waals surface area (Å²) in [5.41, 5.74) is 0. The first-order valence-electron chi connectivity index (χ1n) is 10.5. The molecule has 1 aliphatic rings. The highest BCUT2D eigenvalue weighted by Crippen LogP contribution is 2.23. The number of hydrogen-bond donors (Lipinski definition) is 1. The van der Waals surface area contributed by atoms with Crippen LogP contribution in [-0.2, 0) is 24.8 Å². The van der Waals surface area contributed by atoms with Gasteiger partial charge < -0.3 is 4.90 Å². The van der Waals surface area contributed by atoms with Crippen molar-refractivity contribution in [1.82, 2.24) is 13.9 Å². The maximum absolute atomic E-state index is 13.1. The summed E-state index contributed by atoms with van der Waals surface area (Å²) in [5.74, 6) is -0.391. The Labute approximate surface area is 193 Å². The van der Waals surface area contributed by atoms with Gasteiger partial charge in [0.1, 0.15) is 0 Å². The van der Waals surface area contributed by atoms with Gasteiger partial charge >= 0.3 is 0 Å². The van der Waals surface area contributed by atoms with Crippen molar-refractivity contribution in [3.63, 3.8) is 0 Å². The van der Waals surface area contributed by atoms with E-state index in [0.717, 1.165) is 10.8 Å². The summed E-state index contributed by atoms with van der Waals surface area (Å²) >= 11 is 0. The van der Waals surface area contributed by atoms with Gasteiger partial charge in [-0.25, -0.2) is 16.8 Å². The van der Waals surface area contributed by atoms with E-state index in [-0.39, 0.29) is 36.0 Å². The summed E-state index contributed by atoms with van der Waals surface area (Å²) in [5, 5.41) is 1.80. The van der Waals surface area contributed by atoms with Crippen molar-refractivity contribution in [3.05, 3.63) is 72.8 Å². The Morgan fingerprint density at radius 1 is 0.788 bits per heavy atom.